The predicted octanol–water partition coefficient (Wildman–Crippen LogP) is 3.70. The van der Waals surface area contributed by atoms with Crippen molar-refractivity contribution in [1.82, 2.24) is 16.0 Å². The zero-order valence-corrected chi connectivity index (χ0v) is 27.8. The average Bonchev–Trinajstić information content (AvgIpc) is 3.32. The molecule has 0 aromatic heterocycles. The van der Waals surface area contributed by atoms with E-state index in [0.29, 0.717) is 49.5 Å². The maximum atomic E-state index is 13.8. The Labute approximate surface area is 260 Å². The first-order chi connectivity index (χ1) is 20.4. The van der Waals surface area contributed by atoms with Gasteiger partial charge in [-0.2, -0.15) is 0 Å². The number of guanidine groups is 1. The monoisotopic (exact) mass is 605 g/mol. The van der Waals surface area contributed by atoms with E-state index >= 15 is 0 Å². The van der Waals surface area contributed by atoms with Crippen LogP contribution in [0.5, 0.6) is 0 Å². The maximum absolute atomic E-state index is 13.8. The summed E-state index contributed by atoms with van der Waals surface area (Å²) in [5, 5.41) is 18.2. The normalized spacial score (nSPS) is 27.3. The quantitative estimate of drug-likeness (QED) is 0.0653. The number of amides is 2. The van der Waals surface area contributed by atoms with E-state index in [1.165, 1.54) is 6.42 Å². The van der Waals surface area contributed by atoms with E-state index in [4.69, 9.17) is 20.1 Å². The molecule has 3 saturated carbocycles. The molecule has 2 bridgehead atoms. The van der Waals surface area contributed by atoms with Crippen LogP contribution in [-0.2, 0) is 18.9 Å². The summed E-state index contributed by atoms with van der Waals surface area (Å²) in [6.07, 6.45) is 11.4. The molecule has 1 heterocycles. The lowest BCUT2D eigenvalue weighted by atomic mass is 9.43. The van der Waals surface area contributed by atoms with Gasteiger partial charge < -0.3 is 36.1 Å². The van der Waals surface area contributed by atoms with Gasteiger partial charge in [0.25, 0.3) is 0 Å². The van der Waals surface area contributed by atoms with Gasteiger partial charge >= 0.3 is 7.12 Å². The molecule has 0 radical (unpaired) electrons. The van der Waals surface area contributed by atoms with Crippen LogP contribution < -0.4 is 21.7 Å². The van der Waals surface area contributed by atoms with E-state index in [1.807, 2.05) is 0 Å². The molecular formula is C32H60BN5O5. The smallest absolute Gasteiger partial charge is 0.404 e. The highest BCUT2D eigenvalue weighted by molar-refractivity contribution is 6.48. The minimum atomic E-state index is -0.659. The van der Waals surface area contributed by atoms with E-state index in [-0.39, 0.29) is 41.5 Å². The molecule has 1 saturated heterocycles. The fourth-order valence-corrected chi connectivity index (χ4v) is 7.52. The summed E-state index contributed by atoms with van der Waals surface area (Å²) >= 11 is 0. The van der Waals surface area contributed by atoms with Crippen molar-refractivity contribution in [2.75, 3.05) is 20.2 Å². The van der Waals surface area contributed by atoms with Crippen molar-refractivity contribution in [3.8, 4) is 0 Å². The lowest BCUT2D eigenvalue weighted by Gasteiger charge is -2.64. The summed E-state index contributed by atoms with van der Waals surface area (Å²) in [5.74, 6) is 1.18. The summed E-state index contributed by atoms with van der Waals surface area (Å²) < 4.78 is 13.3. The van der Waals surface area contributed by atoms with Crippen LogP contribution >= 0.6 is 0 Å². The number of rotatable bonds is 19. The summed E-state index contributed by atoms with van der Waals surface area (Å²) in [4.78, 5) is 30.6. The van der Waals surface area contributed by atoms with Crippen LogP contribution in [0, 0.1) is 23.2 Å². The largest absolute Gasteiger partial charge is 0.481 e. The molecule has 0 aromatic rings. The van der Waals surface area contributed by atoms with E-state index in [0.717, 1.165) is 57.8 Å². The Bertz CT molecular complexity index is 934. The fourth-order valence-electron chi connectivity index (χ4n) is 7.52. The molecule has 6 N–H and O–H groups in total. The second-order valence-corrected chi connectivity index (χ2v) is 14.3. The Balaban J connectivity index is 1.58. The number of nitrogens with one attached hydrogen (secondary N) is 3. The number of hydrogen-bond donors (Lipinski definition) is 5. The van der Waals surface area contributed by atoms with Gasteiger partial charge in [-0.25, -0.2) is 0 Å². The van der Waals surface area contributed by atoms with Gasteiger partial charge in [0.05, 0.1) is 17.6 Å². The minimum Gasteiger partial charge on any atom is -0.404 e. The minimum absolute atomic E-state index is 0.0442. The molecule has 246 valence electrons. The van der Waals surface area contributed by atoms with Crippen LogP contribution in [0.4, 0.5) is 0 Å². The predicted molar refractivity (Wildman–Crippen MR) is 172 cm³/mol. The Hall–Kier alpha value is -1.85. The second kappa shape index (κ2) is 16.5. The highest BCUT2D eigenvalue weighted by Gasteiger charge is 2.68. The molecule has 4 rings (SSSR count). The number of nitrogens with zero attached hydrogens (tertiary/aromatic N) is 1. The van der Waals surface area contributed by atoms with Crippen LogP contribution in [0.1, 0.15) is 118 Å². The average molecular weight is 606 g/mol. The van der Waals surface area contributed by atoms with Crippen LogP contribution in [0.2, 0.25) is 0 Å². The number of carbonyl (C=O) groups excluding carboxylic acids is 2. The van der Waals surface area contributed by atoms with E-state index in [9.17, 15) is 9.59 Å². The summed E-state index contributed by atoms with van der Waals surface area (Å²) in [5.41, 5.74) is 5.67. The SMILES string of the molecule is CN=C(N)NCCC[C@H](NC(=O)CCCCCCCCCO)C(=O)N[C@@H](CC(C)C)B1O[C@@H]2C[C@@H]3C[C@@H](C3(C)C)[C@]2(C)O1. The van der Waals surface area contributed by atoms with Crippen molar-refractivity contribution in [3.63, 3.8) is 0 Å². The molecule has 4 fully saturated rings. The van der Waals surface area contributed by atoms with Gasteiger partial charge in [-0.3, -0.25) is 14.6 Å². The van der Waals surface area contributed by atoms with E-state index in [1.54, 1.807) is 7.05 Å². The van der Waals surface area contributed by atoms with Crippen molar-refractivity contribution in [2.45, 2.75) is 142 Å². The molecule has 10 nitrogen and oxygen atoms in total. The first kappa shape index (κ1) is 35.6. The fraction of sp³-hybridized carbons (Fsp3) is 0.906. The van der Waals surface area contributed by atoms with Crippen LogP contribution in [0.3, 0.4) is 0 Å². The molecule has 0 spiro atoms. The first-order valence-electron chi connectivity index (χ1n) is 16.9. The zero-order chi connectivity index (χ0) is 31.6. The number of hydrogen-bond acceptors (Lipinski definition) is 6. The lowest BCUT2D eigenvalue weighted by molar-refractivity contribution is -0.199. The van der Waals surface area contributed by atoms with E-state index < -0.39 is 13.2 Å². The molecule has 0 unspecified atom stereocenters. The van der Waals surface area contributed by atoms with Gasteiger partial charge in [0.2, 0.25) is 11.8 Å². The Morgan fingerprint density at radius 2 is 1.70 bits per heavy atom. The first-order valence-corrected chi connectivity index (χ1v) is 16.9. The lowest BCUT2D eigenvalue weighted by Crippen LogP contribution is -2.65. The highest BCUT2D eigenvalue weighted by atomic mass is 16.7. The van der Waals surface area contributed by atoms with Gasteiger partial charge in [-0.15, -0.1) is 0 Å². The molecule has 6 atom stereocenters. The van der Waals surface area contributed by atoms with Gasteiger partial charge in [-0.05, 0) is 75.0 Å². The second-order valence-electron chi connectivity index (χ2n) is 14.3. The van der Waals surface area contributed by atoms with Gasteiger partial charge in [0.15, 0.2) is 5.96 Å². The zero-order valence-electron chi connectivity index (χ0n) is 27.8. The van der Waals surface area contributed by atoms with Crippen LogP contribution in [0.15, 0.2) is 4.99 Å². The Morgan fingerprint density at radius 1 is 1.02 bits per heavy atom. The number of carbonyl (C=O) groups is 2. The molecule has 11 heteroatoms. The van der Waals surface area contributed by atoms with Crippen LogP contribution in [0.25, 0.3) is 0 Å². The Morgan fingerprint density at radius 3 is 2.33 bits per heavy atom. The molecular weight excluding hydrogens is 545 g/mol. The van der Waals surface area contributed by atoms with Crippen molar-refractivity contribution >= 4 is 24.9 Å². The number of aliphatic imine (C=N–C) groups is 1. The van der Waals surface area contributed by atoms with Gasteiger partial charge in [-0.1, -0.05) is 59.8 Å². The summed E-state index contributed by atoms with van der Waals surface area (Å²) in [6.45, 7) is 12.0. The topological polar surface area (TPSA) is 147 Å². The third-order valence-electron chi connectivity index (χ3n) is 10.3. The molecule has 1 aliphatic heterocycles. The number of nitrogens with two attached hydrogens (primary N) is 1. The van der Waals surface area contributed by atoms with E-state index in [2.05, 4.69) is 55.6 Å². The number of aliphatic hydroxyl groups is 1. The Kier molecular flexibility index (Phi) is 13.6. The molecule has 0 aromatic carbocycles. The van der Waals surface area contributed by atoms with Crippen LogP contribution in [-0.4, -0.2) is 73.9 Å². The van der Waals surface area contributed by atoms with Crippen molar-refractivity contribution in [1.29, 1.82) is 0 Å². The van der Waals surface area contributed by atoms with Crippen molar-refractivity contribution in [3.05, 3.63) is 0 Å². The van der Waals surface area contributed by atoms with Crippen molar-refractivity contribution in [2.24, 2.45) is 33.9 Å². The standard InChI is InChI=1S/C32H60BN5O5/c1-22(2)19-27(33-42-26-21-23-20-25(31(23,3)4)32(26,5)43-33)38-29(41)24(15-14-17-36-30(34)35-6)37-28(40)16-12-10-8-7-9-11-13-18-39/h22-27,39H,7-21H2,1-6H3,(H,37,40)(H,38,41)(H3,34,35,36)/t23-,24-,25-,26+,27-,32-/m0/s1. The highest BCUT2D eigenvalue weighted by Crippen LogP contribution is 2.65. The number of aliphatic hydroxyl groups excluding tert-OH is 1. The summed E-state index contributed by atoms with van der Waals surface area (Å²) in [7, 11) is 1.11. The molecule has 2 amide bonds. The summed E-state index contributed by atoms with van der Waals surface area (Å²) in [6, 6.07) is -0.659. The molecule has 4 aliphatic rings. The molecule has 3 aliphatic carbocycles. The third-order valence-corrected chi connectivity index (χ3v) is 10.3. The maximum Gasteiger partial charge on any atom is 0.481 e. The third kappa shape index (κ3) is 9.57. The van der Waals surface area contributed by atoms with Gasteiger partial charge in [0.1, 0.15) is 6.04 Å². The number of unbranched alkanes of at least 4 members (excludes halogenated alkanes) is 6. The van der Waals surface area contributed by atoms with Crippen molar-refractivity contribution < 1.29 is 24.0 Å². The van der Waals surface area contributed by atoms with Gasteiger partial charge in [0, 0.05) is 26.6 Å². The molecule has 43 heavy (non-hydrogen) atoms.